The molecule has 0 aromatic carbocycles. The second-order valence-corrected chi connectivity index (χ2v) is 3.18. The van der Waals surface area contributed by atoms with Gasteiger partial charge in [0.1, 0.15) is 5.82 Å². The summed E-state index contributed by atoms with van der Waals surface area (Å²) in [5.41, 5.74) is 7.76. The van der Waals surface area contributed by atoms with E-state index in [2.05, 4.69) is 23.8 Å². The Kier molecular flexibility index (Phi) is 2.80. The van der Waals surface area contributed by atoms with E-state index in [0.717, 1.165) is 30.2 Å². The summed E-state index contributed by atoms with van der Waals surface area (Å²) in [6.07, 6.45) is 0.886. The number of nitrogen functional groups attached to an aromatic ring is 1. The molecule has 0 aliphatic carbocycles. The van der Waals surface area contributed by atoms with Gasteiger partial charge < -0.3 is 10.6 Å². The molecule has 74 valence electrons. The zero-order valence-electron chi connectivity index (χ0n) is 8.83. The van der Waals surface area contributed by atoms with Gasteiger partial charge in [-0.05, 0) is 13.3 Å². The SMILES string of the molecule is CCc1nn(C)c(N(C)CC)c1N. The van der Waals surface area contributed by atoms with Gasteiger partial charge in [-0.15, -0.1) is 0 Å². The molecule has 0 aliphatic rings. The molecule has 0 radical (unpaired) electrons. The molecule has 0 bridgehead atoms. The smallest absolute Gasteiger partial charge is 0.150 e. The average Bonchev–Trinajstić information content (AvgIpc) is 2.40. The standard InChI is InChI=1S/C9H18N4/c1-5-7-8(10)9(12(3)6-2)13(4)11-7/h5-6,10H2,1-4H3. The van der Waals surface area contributed by atoms with E-state index in [1.165, 1.54) is 0 Å². The first-order valence-electron chi connectivity index (χ1n) is 4.64. The van der Waals surface area contributed by atoms with Gasteiger partial charge in [0.05, 0.1) is 11.4 Å². The first-order valence-corrected chi connectivity index (χ1v) is 4.64. The summed E-state index contributed by atoms with van der Waals surface area (Å²) >= 11 is 0. The number of anilines is 2. The van der Waals surface area contributed by atoms with Crippen LogP contribution in [0.5, 0.6) is 0 Å². The largest absolute Gasteiger partial charge is 0.394 e. The lowest BCUT2D eigenvalue weighted by atomic mass is 10.3. The molecule has 0 unspecified atom stereocenters. The Balaban J connectivity index is 3.12. The molecule has 1 aromatic rings. The van der Waals surface area contributed by atoms with Crippen LogP contribution in [-0.4, -0.2) is 23.4 Å². The van der Waals surface area contributed by atoms with Crippen molar-refractivity contribution in [1.29, 1.82) is 0 Å². The molecule has 0 fully saturated rings. The molecule has 1 rings (SSSR count). The third-order valence-corrected chi connectivity index (χ3v) is 2.30. The highest BCUT2D eigenvalue weighted by Crippen LogP contribution is 2.24. The molecule has 4 heteroatoms. The fraction of sp³-hybridized carbons (Fsp3) is 0.667. The number of nitrogens with zero attached hydrogens (tertiary/aromatic N) is 3. The Bertz CT molecular complexity index is 290. The van der Waals surface area contributed by atoms with Crippen LogP contribution in [0.3, 0.4) is 0 Å². The van der Waals surface area contributed by atoms with Crippen molar-refractivity contribution in [2.45, 2.75) is 20.3 Å². The lowest BCUT2D eigenvalue weighted by molar-refractivity contribution is 0.726. The predicted molar refractivity (Wildman–Crippen MR) is 55.9 cm³/mol. The van der Waals surface area contributed by atoms with Crippen LogP contribution in [0.1, 0.15) is 19.5 Å². The summed E-state index contributed by atoms with van der Waals surface area (Å²) < 4.78 is 1.84. The molecule has 13 heavy (non-hydrogen) atoms. The summed E-state index contributed by atoms with van der Waals surface area (Å²) in [4.78, 5) is 2.10. The van der Waals surface area contributed by atoms with Crippen LogP contribution in [0.4, 0.5) is 11.5 Å². The number of aryl methyl sites for hydroxylation is 2. The van der Waals surface area contributed by atoms with Crippen molar-refractivity contribution in [3.05, 3.63) is 5.69 Å². The highest BCUT2D eigenvalue weighted by atomic mass is 15.4. The van der Waals surface area contributed by atoms with Crippen molar-refractivity contribution in [3.8, 4) is 0 Å². The van der Waals surface area contributed by atoms with Crippen LogP contribution < -0.4 is 10.6 Å². The van der Waals surface area contributed by atoms with Gasteiger partial charge in [0.15, 0.2) is 0 Å². The fourth-order valence-electron chi connectivity index (χ4n) is 1.45. The van der Waals surface area contributed by atoms with Crippen molar-refractivity contribution in [2.75, 3.05) is 24.2 Å². The maximum atomic E-state index is 5.97. The van der Waals surface area contributed by atoms with E-state index in [4.69, 9.17) is 5.73 Å². The van der Waals surface area contributed by atoms with Gasteiger partial charge >= 0.3 is 0 Å². The van der Waals surface area contributed by atoms with Crippen LogP contribution >= 0.6 is 0 Å². The first kappa shape index (κ1) is 9.89. The molecule has 4 nitrogen and oxygen atoms in total. The summed E-state index contributed by atoms with van der Waals surface area (Å²) in [7, 11) is 3.95. The normalized spacial score (nSPS) is 10.5. The van der Waals surface area contributed by atoms with Gasteiger partial charge in [-0.1, -0.05) is 6.92 Å². The second kappa shape index (κ2) is 3.68. The Labute approximate surface area is 79.3 Å². The summed E-state index contributed by atoms with van der Waals surface area (Å²) in [6, 6.07) is 0. The quantitative estimate of drug-likeness (QED) is 0.759. The molecular formula is C9H18N4. The van der Waals surface area contributed by atoms with Crippen LogP contribution in [0, 0.1) is 0 Å². The molecule has 0 saturated carbocycles. The highest BCUT2D eigenvalue weighted by molar-refractivity contribution is 5.66. The van der Waals surface area contributed by atoms with E-state index >= 15 is 0 Å². The van der Waals surface area contributed by atoms with Crippen molar-refractivity contribution >= 4 is 11.5 Å². The average molecular weight is 182 g/mol. The lowest BCUT2D eigenvalue weighted by Crippen LogP contribution is -2.20. The lowest BCUT2D eigenvalue weighted by Gasteiger charge is -2.17. The third-order valence-electron chi connectivity index (χ3n) is 2.30. The Morgan fingerprint density at radius 3 is 2.46 bits per heavy atom. The van der Waals surface area contributed by atoms with Gasteiger partial charge in [0, 0.05) is 20.6 Å². The second-order valence-electron chi connectivity index (χ2n) is 3.18. The number of hydrogen-bond donors (Lipinski definition) is 1. The minimum Gasteiger partial charge on any atom is -0.394 e. The highest BCUT2D eigenvalue weighted by Gasteiger charge is 2.13. The van der Waals surface area contributed by atoms with Gasteiger partial charge in [-0.3, -0.25) is 4.68 Å². The fourth-order valence-corrected chi connectivity index (χ4v) is 1.45. The van der Waals surface area contributed by atoms with E-state index in [1.54, 1.807) is 0 Å². The number of hydrogen-bond acceptors (Lipinski definition) is 3. The number of nitrogens with two attached hydrogens (primary N) is 1. The Morgan fingerprint density at radius 2 is 2.08 bits per heavy atom. The van der Waals surface area contributed by atoms with Gasteiger partial charge in [-0.25, -0.2) is 0 Å². The van der Waals surface area contributed by atoms with E-state index in [0.29, 0.717) is 0 Å². The third kappa shape index (κ3) is 1.61. The van der Waals surface area contributed by atoms with Crippen LogP contribution in [0.15, 0.2) is 0 Å². The van der Waals surface area contributed by atoms with Crippen LogP contribution in [-0.2, 0) is 13.5 Å². The maximum absolute atomic E-state index is 5.97. The molecule has 0 amide bonds. The van der Waals surface area contributed by atoms with E-state index in [-0.39, 0.29) is 0 Å². The molecule has 0 spiro atoms. The maximum Gasteiger partial charge on any atom is 0.150 e. The minimum atomic E-state index is 0.814. The molecular weight excluding hydrogens is 164 g/mol. The first-order chi connectivity index (χ1) is 6.11. The summed E-state index contributed by atoms with van der Waals surface area (Å²) in [5, 5.41) is 4.35. The minimum absolute atomic E-state index is 0.814. The predicted octanol–water partition coefficient (Wildman–Crippen LogP) is 1.02. The summed E-state index contributed by atoms with van der Waals surface area (Å²) in [6.45, 7) is 5.10. The number of rotatable bonds is 3. The molecule has 0 aliphatic heterocycles. The Morgan fingerprint density at radius 1 is 1.46 bits per heavy atom. The van der Waals surface area contributed by atoms with Gasteiger partial charge in [-0.2, -0.15) is 5.10 Å². The van der Waals surface area contributed by atoms with Crippen molar-refractivity contribution in [1.82, 2.24) is 9.78 Å². The van der Waals surface area contributed by atoms with Gasteiger partial charge in [0.2, 0.25) is 0 Å². The van der Waals surface area contributed by atoms with E-state index < -0.39 is 0 Å². The van der Waals surface area contributed by atoms with Crippen LogP contribution in [0.25, 0.3) is 0 Å². The summed E-state index contributed by atoms with van der Waals surface area (Å²) in [5.74, 6) is 1.01. The molecule has 1 aromatic heterocycles. The zero-order valence-corrected chi connectivity index (χ0v) is 8.83. The molecule has 0 saturated heterocycles. The van der Waals surface area contributed by atoms with E-state index in [1.807, 2.05) is 18.8 Å². The molecule has 0 atom stereocenters. The van der Waals surface area contributed by atoms with Crippen LogP contribution in [0.2, 0.25) is 0 Å². The number of aromatic nitrogens is 2. The zero-order chi connectivity index (χ0) is 10.0. The van der Waals surface area contributed by atoms with Crippen molar-refractivity contribution < 1.29 is 0 Å². The topological polar surface area (TPSA) is 47.1 Å². The van der Waals surface area contributed by atoms with Crippen molar-refractivity contribution in [2.24, 2.45) is 7.05 Å². The Hall–Kier alpha value is -1.19. The monoisotopic (exact) mass is 182 g/mol. The van der Waals surface area contributed by atoms with Gasteiger partial charge in [0.25, 0.3) is 0 Å². The molecule has 2 N–H and O–H groups in total. The van der Waals surface area contributed by atoms with Crippen molar-refractivity contribution in [3.63, 3.8) is 0 Å². The molecule has 1 heterocycles. The van der Waals surface area contributed by atoms with E-state index in [9.17, 15) is 0 Å².